The fourth-order valence-corrected chi connectivity index (χ4v) is 3.12. The van der Waals surface area contributed by atoms with Gasteiger partial charge in [-0.1, -0.05) is 0 Å². The van der Waals surface area contributed by atoms with E-state index in [1.165, 1.54) is 6.07 Å². The number of hydrogen-bond acceptors (Lipinski definition) is 4. The number of nitrogen functional groups attached to an aromatic ring is 1. The number of imidazole rings is 1. The number of sulfonamides is 1. The minimum absolute atomic E-state index is 0.202. The van der Waals surface area contributed by atoms with E-state index in [1.54, 1.807) is 24.5 Å². The number of aromatic nitrogens is 2. The Balaban J connectivity index is 1.93. The second-order valence-electron chi connectivity index (χ2n) is 4.62. The highest BCUT2D eigenvalue weighted by Crippen LogP contribution is 2.16. The minimum Gasteiger partial charge on any atom is -0.399 e. The van der Waals surface area contributed by atoms with Gasteiger partial charge in [0.2, 0.25) is 10.0 Å². The van der Waals surface area contributed by atoms with Crippen LogP contribution in [0.25, 0.3) is 0 Å². The van der Waals surface area contributed by atoms with Gasteiger partial charge in [0.05, 0.1) is 4.90 Å². The zero-order valence-electron chi connectivity index (χ0n) is 11.3. The Morgan fingerprint density at radius 2 is 2.15 bits per heavy atom. The lowest BCUT2D eigenvalue weighted by atomic mass is 10.2. The molecular weight excluding hydrogens is 276 g/mol. The number of anilines is 1. The van der Waals surface area contributed by atoms with Crippen molar-refractivity contribution in [2.75, 3.05) is 12.3 Å². The number of nitrogens with one attached hydrogen (secondary N) is 2. The molecular formula is C13H18N4O2S. The molecule has 1 heterocycles. The van der Waals surface area contributed by atoms with Crippen molar-refractivity contribution in [2.24, 2.45) is 0 Å². The third-order valence-electron chi connectivity index (χ3n) is 2.82. The number of rotatable bonds is 6. The molecule has 0 aliphatic rings. The molecule has 1 aromatic carbocycles. The van der Waals surface area contributed by atoms with Crippen molar-refractivity contribution in [1.29, 1.82) is 0 Å². The number of aryl methyl sites for hydroxylation is 2. The predicted octanol–water partition coefficient (Wildman–Crippen LogP) is 1.21. The maximum Gasteiger partial charge on any atom is 0.240 e. The van der Waals surface area contributed by atoms with Crippen LogP contribution in [-0.2, 0) is 16.4 Å². The number of H-pyrrole nitrogens is 1. The Kier molecular flexibility index (Phi) is 4.41. The van der Waals surface area contributed by atoms with Crippen LogP contribution >= 0.6 is 0 Å². The predicted molar refractivity (Wildman–Crippen MR) is 77.7 cm³/mol. The highest BCUT2D eigenvalue weighted by Gasteiger charge is 2.14. The summed E-state index contributed by atoms with van der Waals surface area (Å²) < 4.78 is 26.8. The molecule has 0 saturated carbocycles. The molecule has 2 aromatic rings. The van der Waals surface area contributed by atoms with Crippen molar-refractivity contribution in [1.82, 2.24) is 14.7 Å². The first-order valence-corrected chi connectivity index (χ1v) is 7.81. The second kappa shape index (κ2) is 6.06. The van der Waals surface area contributed by atoms with E-state index in [2.05, 4.69) is 14.7 Å². The normalized spacial score (nSPS) is 11.7. The van der Waals surface area contributed by atoms with Crippen molar-refractivity contribution in [2.45, 2.75) is 24.7 Å². The molecule has 0 bridgehead atoms. The van der Waals surface area contributed by atoms with Crippen LogP contribution < -0.4 is 10.5 Å². The molecule has 0 saturated heterocycles. The smallest absolute Gasteiger partial charge is 0.240 e. The quantitative estimate of drug-likeness (QED) is 0.550. The van der Waals surface area contributed by atoms with Crippen LogP contribution in [-0.4, -0.2) is 24.9 Å². The molecule has 1 aromatic heterocycles. The molecule has 0 aliphatic heterocycles. The molecule has 0 radical (unpaired) electrons. The average Bonchev–Trinajstić information content (AvgIpc) is 2.86. The molecule has 2 rings (SSSR count). The first-order valence-electron chi connectivity index (χ1n) is 6.32. The number of nitrogens with zero attached hydrogens (tertiary/aromatic N) is 1. The van der Waals surface area contributed by atoms with Crippen molar-refractivity contribution in [3.63, 3.8) is 0 Å². The lowest BCUT2D eigenvalue weighted by Crippen LogP contribution is -2.25. The summed E-state index contributed by atoms with van der Waals surface area (Å²) in [5.74, 6) is 0.851. The number of hydrogen-bond donors (Lipinski definition) is 3. The molecule has 0 atom stereocenters. The first-order chi connectivity index (χ1) is 9.47. The van der Waals surface area contributed by atoms with Crippen molar-refractivity contribution >= 4 is 15.7 Å². The molecule has 7 heteroatoms. The van der Waals surface area contributed by atoms with E-state index in [-0.39, 0.29) is 4.90 Å². The Morgan fingerprint density at radius 1 is 1.35 bits per heavy atom. The summed E-state index contributed by atoms with van der Waals surface area (Å²) in [4.78, 5) is 7.26. The van der Waals surface area contributed by atoms with Gasteiger partial charge < -0.3 is 10.7 Å². The maximum absolute atomic E-state index is 12.1. The fourth-order valence-electron chi connectivity index (χ4n) is 1.91. The van der Waals surface area contributed by atoms with Crippen LogP contribution in [0.5, 0.6) is 0 Å². The number of aromatic amines is 1. The molecule has 0 fully saturated rings. The Morgan fingerprint density at radius 3 is 2.80 bits per heavy atom. The van der Waals surface area contributed by atoms with Crippen molar-refractivity contribution in [3.8, 4) is 0 Å². The summed E-state index contributed by atoms with van der Waals surface area (Å²) in [6, 6.07) is 4.79. The van der Waals surface area contributed by atoms with Gasteiger partial charge in [-0.2, -0.15) is 0 Å². The third kappa shape index (κ3) is 3.82. The van der Waals surface area contributed by atoms with E-state index in [1.807, 2.05) is 6.92 Å². The van der Waals surface area contributed by atoms with Crippen LogP contribution in [0.15, 0.2) is 35.5 Å². The van der Waals surface area contributed by atoms with Crippen molar-refractivity contribution < 1.29 is 8.42 Å². The molecule has 0 aliphatic carbocycles. The van der Waals surface area contributed by atoms with Crippen LogP contribution in [0.2, 0.25) is 0 Å². The zero-order valence-corrected chi connectivity index (χ0v) is 12.1. The Labute approximate surface area is 118 Å². The monoisotopic (exact) mass is 294 g/mol. The molecule has 0 unspecified atom stereocenters. The van der Waals surface area contributed by atoms with Gasteiger partial charge in [0.1, 0.15) is 5.82 Å². The van der Waals surface area contributed by atoms with E-state index in [9.17, 15) is 8.42 Å². The van der Waals surface area contributed by atoms with E-state index < -0.39 is 10.0 Å². The summed E-state index contributed by atoms with van der Waals surface area (Å²) in [6.07, 6.45) is 4.80. The number of benzene rings is 1. The van der Waals surface area contributed by atoms with Gasteiger partial charge in [-0.25, -0.2) is 18.1 Å². The number of nitrogens with two attached hydrogens (primary N) is 1. The molecule has 0 amide bonds. The topological polar surface area (TPSA) is 101 Å². The molecule has 6 nitrogen and oxygen atoms in total. The fraction of sp³-hybridized carbons (Fsp3) is 0.308. The van der Waals surface area contributed by atoms with Crippen LogP contribution in [0.4, 0.5) is 5.69 Å². The van der Waals surface area contributed by atoms with Gasteiger partial charge in [-0.3, -0.25) is 0 Å². The summed E-state index contributed by atoms with van der Waals surface area (Å²) in [5.41, 5.74) is 6.94. The zero-order chi connectivity index (χ0) is 14.6. The van der Waals surface area contributed by atoms with Gasteiger partial charge in [0.15, 0.2) is 0 Å². The minimum atomic E-state index is -3.51. The van der Waals surface area contributed by atoms with E-state index in [4.69, 9.17) is 5.73 Å². The molecule has 0 spiro atoms. The Bertz CT molecular complexity index is 645. The van der Waals surface area contributed by atoms with Crippen LogP contribution in [0.1, 0.15) is 17.8 Å². The van der Waals surface area contributed by atoms with Gasteiger partial charge in [0.25, 0.3) is 0 Å². The summed E-state index contributed by atoms with van der Waals surface area (Å²) in [5, 5.41) is 0. The molecule has 108 valence electrons. The Hall–Kier alpha value is -1.86. The van der Waals surface area contributed by atoms with E-state index in [0.717, 1.165) is 11.4 Å². The van der Waals surface area contributed by atoms with Crippen molar-refractivity contribution in [3.05, 3.63) is 42.0 Å². The van der Waals surface area contributed by atoms with E-state index in [0.29, 0.717) is 25.1 Å². The van der Waals surface area contributed by atoms with Crippen LogP contribution in [0.3, 0.4) is 0 Å². The van der Waals surface area contributed by atoms with Gasteiger partial charge in [0, 0.05) is 31.0 Å². The second-order valence-corrected chi connectivity index (χ2v) is 6.38. The lowest BCUT2D eigenvalue weighted by molar-refractivity contribution is 0.578. The average molecular weight is 294 g/mol. The maximum atomic E-state index is 12.1. The third-order valence-corrected chi connectivity index (χ3v) is 4.26. The summed E-state index contributed by atoms with van der Waals surface area (Å²) in [7, 11) is -3.51. The van der Waals surface area contributed by atoms with Gasteiger partial charge >= 0.3 is 0 Å². The van der Waals surface area contributed by atoms with E-state index >= 15 is 0 Å². The standard InChI is InChI=1S/C13H18N4O2S/c1-10-7-11(14)9-12(8-10)20(18,19)17-4-2-3-13-15-5-6-16-13/h5-9,17H,2-4,14H2,1H3,(H,15,16). The lowest BCUT2D eigenvalue weighted by Gasteiger charge is -2.08. The van der Waals surface area contributed by atoms with Crippen LogP contribution in [0, 0.1) is 6.92 Å². The highest BCUT2D eigenvalue weighted by atomic mass is 32.2. The first kappa shape index (κ1) is 14.5. The summed E-state index contributed by atoms with van der Waals surface area (Å²) in [6.45, 7) is 2.17. The highest BCUT2D eigenvalue weighted by molar-refractivity contribution is 7.89. The molecule has 4 N–H and O–H groups in total. The summed E-state index contributed by atoms with van der Waals surface area (Å²) >= 11 is 0. The largest absolute Gasteiger partial charge is 0.399 e. The van der Waals surface area contributed by atoms with Gasteiger partial charge in [-0.05, 0) is 37.1 Å². The van der Waals surface area contributed by atoms with Gasteiger partial charge in [-0.15, -0.1) is 0 Å². The SMILES string of the molecule is Cc1cc(N)cc(S(=O)(=O)NCCCc2ncc[nH]2)c1. The molecule has 20 heavy (non-hydrogen) atoms.